The number of hydrogen-bond acceptors (Lipinski definition) is 6. The zero-order valence-corrected chi connectivity index (χ0v) is 21.1. The molecule has 0 radical (unpaired) electrons. The highest BCUT2D eigenvalue weighted by molar-refractivity contribution is 5.82. The van der Waals surface area contributed by atoms with Crippen LogP contribution in [0.15, 0.2) is 48.7 Å². The highest BCUT2D eigenvalue weighted by atomic mass is 19.1. The molecule has 196 valence electrons. The normalized spacial score (nSPS) is 32.9. The van der Waals surface area contributed by atoms with Crippen LogP contribution in [0.5, 0.6) is 0 Å². The summed E-state index contributed by atoms with van der Waals surface area (Å²) >= 11 is 0. The number of halogens is 1. The summed E-state index contributed by atoms with van der Waals surface area (Å²) in [5.41, 5.74) is 0.767. The van der Waals surface area contributed by atoms with Gasteiger partial charge < -0.3 is 19.9 Å². The Hall–Kier alpha value is -3.26. The van der Waals surface area contributed by atoms with Gasteiger partial charge in [-0.3, -0.25) is 4.98 Å². The van der Waals surface area contributed by atoms with E-state index in [-0.39, 0.29) is 35.5 Å². The van der Waals surface area contributed by atoms with E-state index in [1.54, 1.807) is 19.2 Å². The maximum atomic E-state index is 13.6. The number of ether oxygens (including phenoxy) is 2. The topological polar surface area (TPSA) is 97.8 Å². The lowest BCUT2D eigenvalue weighted by molar-refractivity contribution is -0.162. The van der Waals surface area contributed by atoms with Crippen molar-refractivity contribution in [2.75, 3.05) is 6.61 Å². The molecule has 1 saturated heterocycles. The Labute approximate surface area is 216 Å². The predicted octanol–water partition coefficient (Wildman–Crippen LogP) is 4.74. The number of nitrogens with one attached hydrogen (secondary N) is 1. The number of aromatic nitrogens is 1. The average molecular weight is 509 g/mol. The smallest absolute Gasteiger partial charge is 0.407 e. The number of alkyl carbamates (subject to hydrolysis) is 1. The minimum atomic E-state index is -1.55. The van der Waals surface area contributed by atoms with Gasteiger partial charge in [0.1, 0.15) is 11.9 Å². The Morgan fingerprint density at radius 2 is 2.14 bits per heavy atom. The Morgan fingerprint density at radius 1 is 1.30 bits per heavy atom. The number of benzene rings is 1. The molecule has 1 aromatic heterocycles. The summed E-state index contributed by atoms with van der Waals surface area (Å²) in [5, 5.41) is 14.5. The molecule has 7 nitrogen and oxygen atoms in total. The zero-order valence-electron chi connectivity index (χ0n) is 21.1. The lowest BCUT2D eigenvalue weighted by Gasteiger charge is -2.50. The number of cyclic esters (lactones) is 1. The van der Waals surface area contributed by atoms with Crippen LogP contribution in [0, 0.1) is 29.5 Å². The first kappa shape index (κ1) is 25.4. The molecule has 8 heteroatoms. The molecule has 1 amide bonds. The molecular weight excluding hydrogens is 475 g/mol. The van der Waals surface area contributed by atoms with Gasteiger partial charge in [0.05, 0.1) is 12.3 Å². The monoisotopic (exact) mass is 508 g/mol. The summed E-state index contributed by atoms with van der Waals surface area (Å²) in [4.78, 5) is 29.3. The number of carbonyl (C=O) groups is 2. The molecule has 1 aromatic carbocycles. The fourth-order valence-electron chi connectivity index (χ4n) is 6.70. The quantitative estimate of drug-likeness (QED) is 0.566. The first-order chi connectivity index (χ1) is 17.8. The fraction of sp³-hybridized carbons (Fsp3) is 0.483. The van der Waals surface area contributed by atoms with E-state index in [1.807, 2.05) is 31.2 Å². The minimum Gasteiger partial charge on any atom is -0.460 e. The molecule has 0 spiro atoms. The van der Waals surface area contributed by atoms with E-state index < -0.39 is 23.8 Å². The average Bonchev–Trinajstić information content (AvgIpc) is 3.09. The third kappa shape index (κ3) is 4.99. The Balaban J connectivity index is 1.37. The summed E-state index contributed by atoms with van der Waals surface area (Å²) in [7, 11) is 0. The molecule has 3 aliphatic rings. The summed E-state index contributed by atoms with van der Waals surface area (Å²) in [6.45, 7) is 3.92. The minimum absolute atomic E-state index is 0.0535. The van der Waals surface area contributed by atoms with Crippen LogP contribution in [-0.2, 0) is 14.3 Å². The van der Waals surface area contributed by atoms with Crippen LogP contribution < -0.4 is 5.32 Å². The summed E-state index contributed by atoms with van der Waals surface area (Å²) < 4.78 is 24.2. The molecule has 2 heterocycles. The van der Waals surface area contributed by atoms with E-state index in [1.165, 1.54) is 12.1 Å². The van der Waals surface area contributed by atoms with Crippen LogP contribution >= 0.6 is 0 Å². The summed E-state index contributed by atoms with van der Waals surface area (Å²) in [5.74, 6) is -0.990. The van der Waals surface area contributed by atoms with Gasteiger partial charge in [-0.05, 0) is 87.1 Å². The van der Waals surface area contributed by atoms with Gasteiger partial charge in [-0.1, -0.05) is 24.3 Å². The van der Waals surface area contributed by atoms with Gasteiger partial charge in [-0.15, -0.1) is 0 Å². The van der Waals surface area contributed by atoms with Gasteiger partial charge in [-0.25, -0.2) is 14.0 Å². The van der Waals surface area contributed by atoms with Crippen molar-refractivity contribution in [1.29, 1.82) is 0 Å². The van der Waals surface area contributed by atoms with Gasteiger partial charge in [0, 0.05) is 23.7 Å². The number of aliphatic hydroxyl groups is 1. The molecule has 1 unspecified atom stereocenters. The summed E-state index contributed by atoms with van der Waals surface area (Å²) in [6.07, 6.45) is 7.54. The second kappa shape index (κ2) is 10.2. The number of carbonyl (C=O) groups excluding carboxylic acids is 2. The zero-order chi connectivity index (χ0) is 26.2. The van der Waals surface area contributed by atoms with Crippen molar-refractivity contribution in [2.24, 2.45) is 23.7 Å². The number of nitrogens with zero attached hydrogens (tertiary/aromatic N) is 1. The number of fused-ring (bicyclic) bond motifs is 2. The fourth-order valence-corrected chi connectivity index (χ4v) is 6.70. The van der Waals surface area contributed by atoms with Gasteiger partial charge >= 0.3 is 12.1 Å². The molecule has 1 aliphatic heterocycles. The van der Waals surface area contributed by atoms with E-state index in [9.17, 15) is 19.1 Å². The van der Waals surface area contributed by atoms with Crippen LogP contribution in [0.4, 0.5) is 9.18 Å². The van der Waals surface area contributed by atoms with E-state index in [0.29, 0.717) is 19.4 Å². The lowest BCUT2D eigenvalue weighted by atomic mass is 9.55. The van der Waals surface area contributed by atoms with Crippen LogP contribution in [0.25, 0.3) is 17.2 Å². The van der Waals surface area contributed by atoms with Crippen molar-refractivity contribution in [2.45, 2.75) is 57.3 Å². The lowest BCUT2D eigenvalue weighted by Crippen LogP contribution is -2.56. The number of rotatable bonds is 5. The second-order valence-corrected chi connectivity index (χ2v) is 10.5. The molecule has 2 aromatic rings. The number of esters is 1. The SMILES string of the molecule is CCOC(=O)NC1CC[C@@H]2[C@@H](C1)C[C@@]1(O)C(=O)O[C@H](C)[C@H]1[C@H]2/C=C/c1ccc(-c2cccc(F)c2)cn1. The van der Waals surface area contributed by atoms with Crippen LogP contribution in [0.3, 0.4) is 0 Å². The molecule has 37 heavy (non-hydrogen) atoms. The number of allylic oxidation sites excluding steroid dienone is 1. The molecular formula is C29H33FN2O5. The van der Waals surface area contributed by atoms with Crippen molar-refractivity contribution in [1.82, 2.24) is 10.3 Å². The van der Waals surface area contributed by atoms with Gasteiger partial charge in [-0.2, -0.15) is 0 Å². The standard InChI is InChI=1S/C29H33FN2O5/c1-3-36-28(34)32-23-10-11-24-20(14-23)15-29(35)26(17(2)37-27(29)33)25(24)12-9-22-8-7-19(16-31-22)18-5-4-6-21(30)13-18/h4-9,12-13,16-17,20,23-26,35H,3,10-11,14-15H2,1-2H3,(H,32,34)/b12-9+/t17-,20+,23?,24-,25+,26+,29+/m1/s1. The Morgan fingerprint density at radius 3 is 2.86 bits per heavy atom. The third-order valence-corrected chi connectivity index (χ3v) is 8.26. The highest BCUT2D eigenvalue weighted by Crippen LogP contribution is 2.55. The number of pyridine rings is 1. The summed E-state index contributed by atoms with van der Waals surface area (Å²) in [6, 6.07) is 10.1. The maximum Gasteiger partial charge on any atom is 0.407 e. The van der Waals surface area contributed by atoms with Crippen molar-refractivity contribution in [3.63, 3.8) is 0 Å². The molecule has 5 rings (SSSR count). The molecule has 2 saturated carbocycles. The number of amides is 1. The largest absolute Gasteiger partial charge is 0.460 e. The maximum absolute atomic E-state index is 13.6. The van der Waals surface area contributed by atoms with E-state index in [0.717, 1.165) is 29.7 Å². The predicted molar refractivity (Wildman–Crippen MR) is 136 cm³/mol. The van der Waals surface area contributed by atoms with Crippen LogP contribution in [-0.4, -0.2) is 46.5 Å². The Kier molecular flexibility index (Phi) is 7.03. The van der Waals surface area contributed by atoms with Crippen molar-refractivity contribution in [3.05, 3.63) is 60.2 Å². The first-order valence-corrected chi connectivity index (χ1v) is 13.1. The van der Waals surface area contributed by atoms with Crippen molar-refractivity contribution in [3.8, 4) is 11.1 Å². The van der Waals surface area contributed by atoms with Gasteiger partial charge in [0.25, 0.3) is 0 Å². The van der Waals surface area contributed by atoms with Gasteiger partial charge in [0.2, 0.25) is 0 Å². The molecule has 2 aliphatic carbocycles. The van der Waals surface area contributed by atoms with Gasteiger partial charge in [0.15, 0.2) is 5.60 Å². The molecule has 3 fully saturated rings. The van der Waals surface area contributed by atoms with Crippen molar-refractivity contribution >= 4 is 18.1 Å². The third-order valence-electron chi connectivity index (χ3n) is 8.26. The first-order valence-electron chi connectivity index (χ1n) is 13.1. The van der Waals surface area contributed by atoms with E-state index >= 15 is 0 Å². The molecule has 7 atom stereocenters. The second-order valence-electron chi connectivity index (χ2n) is 10.5. The van der Waals surface area contributed by atoms with Crippen LogP contribution in [0.2, 0.25) is 0 Å². The molecule has 0 bridgehead atoms. The Bertz CT molecular complexity index is 1190. The molecule has 2 N–H and O–H groups in total. The van der Waals surface area contributed by atoms with E-state index in [4.69, 9.17) is 9.47 Å². The van der Waals surface area contributed by atoms with E-state index in [2.05, 4.69) is 16.4 Å². The van der Waals surface area contributed by atoms with Crippen LogP contribution in [0.1, 0.15) is 45.2 Å². The highest BCUT2D eigenvalue weighted by Gasteiger charge is 2.63. The van der Waals surface area contributed by atoms with Crippen molar-refractivity contribution < 1.29 is 28.6 Å². The number of hydrogen-bond donors (Lipinski definition) is 2.